The number of hydrogen-bond donors (Lipinski definition) is 1. The van der Waals surface area contributed by atoms with E-state index >= 15 is 0 Å². The summed E-state index contributed by atoms with van der Waals surface area (Å²) in [7, 11) is 2.93. The molecule has 1 aromatic heterocycles. The van der Waals surface area contributed by atoms with Crippen molar-refractivity contribution in [3.8, 4) is 5.75 Å². The van der Waals surface area contributed by atoms with Gasteiger partial charge in [-0.25, -0.2) is 4.79 Å². The summed E-state index contributed by atoms with van der Waals surface area (Å²) in [5.74, 6) is 0.0477. The third kappa shape index (κ3) is 4.35. The molecule has 0 aliphatic rings. The molecule has 3 rings (SSSR count). The number of nitrogens with one attached hydrogen (secondary N) is 1. The Morgan fingerprint density at radius 3 is 2.11 bits per heavy atom. The number of amides is 1. The van der Waals surface area contributed by atoms with Crippen molar-refractivity contribution >= 4 is 23.2 Å². The van der Waals surface area contributed by atoms with Crippen molar-refractivity contribution in [1.29, 1.82) is 0 Å². The van der Waals surface area contributed by atoms with Crippen LogP contribution in [0.2, 0.25) is 0 Å². The molecule has 27 heavy (non-hydrogen) atoms. The standard InChI is InChI=1S/C21H19NO4S/c1-25-16-10-8-15(9-11-16)19(14-6-4-3-5-7-14)22-20(23)17-12-13-18(27-17)21(24)26-2/h3-13,19H,1-2H3,(H,22,23). The first kappa shape index (κ1) is 18.7. The molecule has 0 spiro atoms. The van der Waals surface area contributed by atoms with Gasteiger partial charge in [0.1, 0.15) is 10.6 Å². The van der Waals surface area contributed by atoms with Gasteiger partial charge in [-0.1, -0.05) is 42.5 Å². The van der Waals surface area contributed by atoms with Crippen LogP contribution < -0.4 is 10.1 Å². The molecule has 6 heteroatoms. The fourth-order valence-electron chi connectivity index (χ4n) is 2.67. The zero-order chi connectivity index (χ0) is 19.2. The van der Waals surface area contributed by atoms with Crippen LogP contribution in [0.15, 0.2) is 66.7 Å². The summed E-state index contributed by atoms with van der Waals surface area (Å²) >= 11 is 1.11. The Kier molecular flexibility index (Phi) is 5.88. The molecule has 0 aliphatic heterocycles. The van der Waals surface area contributed by atoms with Crippen LogP contribution in [0.4, 0.5) is 0 Å². The summed E-state index contributed by atoms with van der Waals surface area (Å²) in [6, 6.07) is 20.2. The lowest BCUT2D eigenvalue weighted by Gasteiger charge is -2.20. The predicted octanol–water partition coefficient (Wildman–Crippen LogP) is 4.06. The van der Waals surface area contributed by atoms with E-state index in [1.807, 2.05) is 54.6 Å². The molecule has 0 bridgehead atoms. The summed E-state index contributed by atoms with van der Waals surface area (Å²) in [4.78, 5) is 25.2. The second kappa shape index (κ2) is 8.51. The molecule has 1 N–H and O–H groups in total. The number of methoxy groups -OCH3 is 2. The highest BCUT2D eigenvalue weighted by Gasteiger charge is 2.20. The van der Waals surface area contributed by atoms with E-state index in [2.05, 4.69) is 5.32 Å². The third-order valence-electron chi connectivity index (χ3n) is 4.07. The van der Waals surface area contributed by atoms with E-state index in [1.165, 1.54) is 7.11 Å². The molecular weight excluding hydrogens is 362 g/mol. The van der Waals surface area contributed by atoms with E-state index in [-0.39, 0.29) is 11.9 Å². The fourth-order valence-corrected chi connectivity index (χ4v) is 3.50. The van der Waals surface area contributed by atoms with Crippen molar-refractivity contribution in [3.63, 3.8) is 0 Å². The van der Waals surface area contributed by atoms with Gasteiger partial charge < -0.3 is 14.8 Å². The van der Waals surface area contributed by atoms with Gasteiger partial charge in [-0.05, 0) is 35.4 Å². The molecule has 2 aromatic carbocycles. The van der Waals surface area contributed by atoms with Crippen LogP contribution in [0.1, 0.15) is 36.5 Å². The van der Waals surface area contributed by atoms with Crippen molar-refractivity contribution in [2.24, 2.45) is 0 Å². The van der Waals surface area contributed by atoms with Crippen molar-refractivity contribution in [1.82, 2.24) is 5.32 Å². The topological polar surface area (TPSA) is 64.6 Å². The predicted molar refractivity (Wildman–Crippen MR) is 104 cm³/mol. The van der Waals surface area contributed by atoms with Crippen molar-refractivity contribution in [2.45, 2.75) is 6.04 Å². The van der Waals surface area contributed by atoms with Gasteiger partial charge in [-0.3, -0.25) is 4.79 Å². The Balaban J connectivity index is 1.88. The average Bonchev–Trinajstić information content (AvgIpc) is 3.22. The molecule has 1 amide bonds. The Bertz CT molecular complexity index is 919. The number of benzene rings is 2. The molecular formula is C21H19NO4S. The minimum atomic E-state index is -0.450. The molecule has 1 unspecified atom stereocenters. The van der Waals surface area contributed by atoms with Crippen LogP contribution in [0.5, 0.6) is 5.75 Å². The Morgan fingerprint density at radius 2 is 1.48 bits per heavy atom. The highest BCUT2D eigenvalue weighted by molar-refractivity contribution is 7.15. The number of carbonyl (C=O) groups is 2. The monoisotopic (exact) mass is 381 g/mol. The fraction of sp³-hybridized carbons (Fsp3) is 0.143. The maximum Gasteiger partial charge on any atom is 0.348 e. The quantitative estimate of drug-likeness (QED) is 0.654. The maximum absolute atomic E-state index is 12.8. The van der Waals surface area contributed by atoms with E-state index in [1.54, 1.807) is 19.2 Å². The van der Waals surface area contributed by atoms with Gasteiger partial charge in [0.05, 0.1) is 25.1 Å². The van der Waals surface area contributed by atoms with Crippen LogP contribution in [-0.2, 0) is 4.74 Å². The summed E-state index contributed by atoms with van der Waals surface area (Å²) < 4.78 is 9.91. The second-order valence-corrected chi connectivity index (χ2v) is 6.83. The molecule has 0 aliphatic carbocycles. The number of carbonyl (C=O) groups excluding carboxylic acids is 2. The van der Waals surface area contributed by atoms with Gasteiger partial charge in [0.2, 0.25) is 0 Å². The first-order chi connectivity index (χ1) is 13.1. The van der Waals surface area contributed by atoms with E-state index in [0.717, 1.165) is 28.2 Å². The van der Waals surface area contributed by atoms with Gasteiger partial charge in [0.15, 0.2) is 0 Å². The van der Waals surface area contributed by atoms with E-state index in [4.69, 9.17) is 9.47 Å². The zero-order valence-electron chi connectivity index (χ0n) is 15.0. The number of ether oxygens (including phenoxy) is 2. The number of rotatable bonds is 6. The molecule has 0 saturated heterocycles. The van der Waals surface area contributed by atoms with Crippen LogP contribution in [0, 0.1) is 0 Å². The van der Waals surface area contributed by atoms with Crippen LogP contribution in [0.3, 0.4) is 0 Å². The minimum Gasteiger partial charge on any atom is -0.497 e. The Morgan fingerprint density at radius 1 is 0.852 bits per heavy atom. The second-order valence-electron chi connectivity index (χ2n) is 5.75. The average molecular weight is 381 g/mol. The summed E-state index contributed by atoms with van der Waals surface area (Å²) in [6.45, 7) is 0. The van der Waals surface area contributed by atoms with Crippen LogP contribution in [-0.4, -0.2) is 26.1 Å². The largest absolute Gasteiger partial charge is 0.497 e. The lowest BCUT2D eigenvalue weighted by molar-refractivity contribution is 0.0606. The molecule has 3 aromatic rings. The van der Waals surface area contributed by atoms with Crippen molar-refractivity contribution in [3.05, 3.63) is 87.6 Å². The maximum atomic E-state index is 12.8. The third-order valence-corrected chi connectivity index (χ3v) is 5.14. The summed E-state index contributed by atoms with van der Waals surface area (Å²) in [5.41, 5.74) is 1.89. The SMILES string of the molecule is COC(=O)c1ccc(C(=O)NC(c2ccccc2)c2ccc(OC)cc2)s1. The molecule has 0 radical (unpaired) electrons. The summed E-state index contributed by atoms with van der Waals surface area (Å²) in [6.07, 6.45) is 0. The number of esters is 1. The number of thiophene rings is 1. The van der Waals surface area contributed by atoms with Crippen molar-refractivity contribution in [2.75, 3.05) is 14.2 Å². The smallest absolute Gasteiger partial charge is 0.348 e. The van der Waals surface area contributed by atoms with E-state index in [9.17, 15) is 9.59 Å². The first-order valence-electron chi connectivity index (χ1n) is 8.30. The van der Waals surface area contributed by atoms with E-state index < -0.39 is 5.97 Å². The van der Waals surface area contributed by atoms with E-state index in [0.29, 0.717) is 9.75 Å². The van der Waals surface area contributed by atoms with Gasteiger partial charge in [0.25, 0.3) is 5.91 Å². The zero-order valence-corrected chi connectivity index (χ0v) is 15.8. The molecule has 138 valence electrons. The highest BCUT2D eigenvalue weighted by Crippen LogP contribution is 2.26. The van der Waals surface area contributed by atoms with Gasteiger partial charge in [-0.2, -0.15) is 0 Å². The van der Waals surface area contributed by atoms with Gasteiger partial charge in [0, 0.05) is 0 Å². The summed E-state index contributed by atoms with van der Waals surface area (Å²) in [5, 5.41) is 3.05. The van der Waals surface area contributed by atoms with Gasteiger partial charge >= 0.3 is 5.97 Å². The lowest BCUT2D eigenvalue weighted by Crippen LogP contribution is -2.28. The number of hydrogen-bond acceptors (Lipinski definition) is 5. The molecule has 0 fully saturated rings. The molecule has 1 atom stereocenters. The van der Waals surface area contributed by atoms with Gasteiger partial charge in [-0.15, -0.1) is 11.3 Å². The van der Waals surface area contributed by atoms with Crippen LogP contribution >= 0.6 is 11.3 Å². The first-order valence-corrected chi connectivity index (χ1v) is 9.12. The molecule has 5 nitrogen and oxygen atoms in total. The highest BCUT2D eigenvalue weighted by atomic mass is 32.1. The normalized spacial score (nSPS) is 11.5. The minimum absolute atomic E-state index is 0.250. The Labute approximate surface area is 161 Å². The van der Waals surface area contributed by atoms with Crippen molar-refractivity contribution < 1.29 is 19.1 Å². The molecule has 1 heterocycles. The van der Waals surface area contributed by atoms with Crippen LogP contribution in [0.25, 0.3) is 0 Å². The Hall–Kier alpha value is -3.12. The lowest BCUT2D eigenvalue weighted by atomic mass is 9.98. The molecule has 0 saturated carbocycles.